The van der Waals surface area contributed by atoms with Gasteiger partial charge in [0.2, 0.25) is 5.91 Å². The van der Waals surface area contributed by atoms with Crippen LogP contribution in [-0.4, -0.2) is 31.1 Å². The fourth-order valence-corrected chi connectivity index (χ4v) is 3.77. The molecule has 118 valence electrons. The molecule has 1 amide bonds. The van der Waals surface area contributed by atoms with Crippen molar-refractivity contribution in [2.45, 2.75) is 38.3 Å². The third kappa shape index (κ3) is 2.77. The molecule has 2 N–H and O–H groups in total. The molecule has 4 atom stereocenters. The summed E-state index contributed by atoms with van der Waals surface area (Å²) in [6.45, 7) is 3.69. The van der Waals surface area contributed by atoms with E-state index < -0.39 is 0 Å². The first-order valence-corrected chi connectivity index (χ1v) is 7.82. The van der Waals surface area contributed by atoms with Crippen LogP contribution in [-0.2, 0) is 4.79 Å². The highest BCUT2D eigenvalue weighted by molar-refractivity contribution is 6.30. The van der Waals surface area contributed by atoms with Crippen molar-refractivity contribution in [2.75, 3.05) is 7.11 Å². The van der Waals surface area contributed by atoms with Crippen LogP contribution >= 0.6 is 11.6 Å². The van der Waals surface area contributed by atoms with E-state index >= 15 is 0 Å². The normalized spacial score (nSPS) is 29.5. The van der Waals surface area contributed by atoms with Crippen LogP contribution in [0.15, 0.2) is 23.2 Å². The van der Waals surface area contributed by atoms with Crippen molar-refractivity contribution >= 4 is 23.5 Å². The molecule has 1 aromatic rings. The molecule has 5 nitrogen and oxygen atoms in total. The number of fused-ring (bicyclic) bond motifs is 1. The number of guanidine groups is 1. The number of rotatable bonds is 2. The number of aliphatic imine (C=N–C) groups is 1. The van der Waals surface area contributed by atoms with Gasteiger partial charge in [-0.2, -0.15) is 0 Å². The number of hydrogen-bond donors (Lipinski definition) is 2. The summed E-state index contributed by atoms with van der Waals surface area (Å²) >= 11 is 6.19. The number of halogens is 1. The van der Waals surface area contributed by atoms with Crippen LogP contribution in [0.25, 0.3) is 0 Å². The van der Waals surface area contributed by atoms with Gasteiger partial charge in [-0.3, -0.25) is 10.1 Å². The predicted octanol–water partition coefficient (Wildman–Crippen LogP) is 2.30. The van der Waals surface area contributed by atoms with Crippen LogP contribution in [0.5, 0.6) is 5.75 Å². The number of nitrogens with one attached hydrogen (secondary N) is 2. The van der Waals surface area contributed by atoms with E-state index in [0.717, 1.165) is 12.2 Å². The Bertz CT molecular complexity index is 632. The highest BCUT2D eigenvalue weighted by Gasteiger charge is 2.45. The summed E-state index contributed by atoms with van der Waals surface area (Å²) in [5.41, 5.74) is 1.18. The van der Waals surface area contributed by atoms with Crippen molar-refractivity contribution in [1.29, 1.82) is 0 Å². The lowest BCUT2D eigenvalue weighted by atomic mass is 9.89. The number of methoxy groups -OCH3 is 1. The summed E-state index contributed by atoms with van der Waals surface area (Å²) in [6, 6.07) is 6.30. The molecule has 1 saturated carbocycles. The van der Waals surface area contributed by atoms with Gasteiger partial charge in [-0.25, -0.2) is 4.99 Å². The van der Waals surface area contributed by atoms with Gasteiger partial charge in [0.15, 0.2) is 5.96 Å². The Labute approximate surface area is 135 Å². The first-order chi connectivity index (χ1) is 10.5. The molecule has 0 bridgehead atoms. The van der Waals surface area contributed by atoms with Crippen LogP contribution in [0.3, 0.4) is 0 Å². The van der Waals surface area contributed by atoms with Gasteiger partial charge in [0.05, 0.1) is 19.2 Å². The maximum Gasteiger partial charge on any atom is 0.223 e. The number of ether oxygens (including phenoxy) is 1. The standard InChI is InChI=1S/C16H20ClN3O2/c1-8-13(10-4-11(17)6-12(5-10)22-3)7-14-15(8)20-16(19-14)18-9(2)21/h4-6,8,13-15H,7H2,1-3H3,(H2,18,19,20,21)/t8-,13-,14?,15?/m0/s1. The minimum Gasteiger partial charge on any atom is -0.497 e. The van der Waals surface area contributed by atoms with Crippen LogP contribution < -0.4 is 15.4 Å². The summed E-state index contributed by atoms with van der Waals surface area (Å²) in [5, 5.41) is 6.73. The van der Waals surface area contributed by atoms with E-state index in [-0.39, 0.29) is 18.0 Å². The molecule has 3 rings (SSSR count). The molecule has 22 heavy (non-hydrogen) atoms. The fraction of sp³-hybridized carbons (Fsp3) is 0.500. The Balaban J connectivity index is 1.81. The van der Waals surface area contributed by atoms with Crippen molar-refractivity contribution in [3.63, 3.8) is 0 Å². The molecular weight excluding hydrogens is 302 g/mol. The average molecular weight is 322 g/mol. The van der Waals surface area contributed by atoms with Crippen molar-refractivity contribution in [3.8, 4) is 5.75 Å². The van der Waals surface area contributed by atoms with Gasteiger partial charge in [0.1, 0.15) is 5.75 Å². The zero-order valence-corrected chi connectivity index (χ0v) is 13.6. The number of benzene rings is 1. The molecule has 0 saturated heterocycles. The zero-order valence-electron chi connectivity index (χ0n) is 12.9. The Morgan fingerprint density at radius 1 is 1.45 bits per heavy atom. The average Bonchev–Trinajstić information content (AvgIpc) is 2.97. The molecular formula is C16H20ClN3O2. The summed E-state index contributed by atoms with van der Waals surface area (Å²) in [4.78, 5) is 15.8. The third-order valence-electron chi connectivity index (χ3n) is 4.55. The predicted molar refractivity (Wildman–Crippen MR) is 86.5 cm³/mol. The van der Waals surface area contributed by atoms with Gasteiger partial charge in [0.25, 0.3) is 0 Å². The second-order valence-corrected chi connectivity index (χ2v) is 6.46. The molecule has 6 heteroatoms. The lowest BCUT2D eigenvalue weighted by molar-refractivity contribution is -0.117. The maximum atomic E-state index is 11.1. The van der Waals surface area contributed by atoms with E-state index in [0.29, 0.717) is 22.8 Å². The van der Waals surface area contributed by atoms with Crippen LogP contribution in [0, 0.1) is 5.92 Å². The highest BCUT2D eigenvalue weighted by Crippen LogP contribution is 2.44. The van der Waals surface area contributed by atoms with E-state index in [9.17, 15) is 4.79 Å². The Morgan fingerprint density at radius 3 is 2.86 bits per heavy atom. The molecule has 0 radical (unpaired) electrons. The lowest BCUT2D eigenvalue weighted by Gasteiger charge is -2.19. The van der Waals surface area contributed by atoms with E-state index in [1.165, 1.54) is 12.5 Å². The Morgan fingerprint density at radius 2 is 2.23 bits per heavy atom. The van der Waals surface area contributed by atoms with E-state index in [2.05, 4.69) is 22.5 Å². The fourth-order valence-electron chi connectivity index (χ4n) is 3.54. The van der Waals surface area contributed by atoms with Crippen molar-refractivity contribution in [1.82, 2.24) is 10.6 Å². The van der Waals surface area contributed by atoms with Gasteiger partial charge in [0, 0.05) is 11.9 Å². The lowest BCUT2D eigenvalue weighted by Crippen LogP contribution is -2.41. The highest BCUT2D eigenvalue weighted by atomic mass is 35.5. The largest absolute Gasteiger partial charge is 0.497 e. The number of carbonyl (C=O) groups excluding carboxylic acids is 1. The Kier molecular flexibility index (Phi) is 4.00. The number of hydrogen-bond acceptors (Lipinski definition) is 4. The molecule has 1 fully saturated rings. The molecule has 0 spiro atoms. The topological polar surface area (TPSA) is 62.7 Å². The van der Waals surface area contributed by atoms with Crippen LogP contribution in [0.1, 0.15) is 31.7 Å². The minimum atomic E-state index is -0.102. The third-order valence-corrected chi connectivity index (χ3v) is 4.76. The maximum absolute atomic E-state index is 11.1. The van der Waals surface area contributed by atoms with E-state index in [1.54, 1.807) is 7.11 Å². The van der Waals surface area contributed by atoms with Gasteiger partial charge < -0.3 is 10.1 Å². The van der Waals surface area contributed by atoms with E-state index in [4.69, 9.17) is 16.3 Å². The number of amides is 1. The molecule has 2 aliphatic rings. The molecule has 1 heterocycles. The van der Waals surface area contributed by atoms with Crippen LogP contribution in [0.2, 0.25) is 5.02 Å². The molecule has 1 aliphatic carbocycles. The second-order valence-electron chi connectivity index (χ2n) is 6.03. The molecule has 0 aromatic heterocycles. The van der Waals surface area contributed by atoms with Gasteiger partial charge >= 0.3 is 0 Å². The summed E-state index contributed by atoms with van der Waals surface area (Å²) in [5.74, 6) is 2.01. The minimum absolute atomic E-state index is 0.102. The van der Waals surface area contributed by atoms with Crippen LogP contribution in [0.4, 0.5) is 0 Å². The quantitative estimate of drug-likeness (QED) is 0.878. The van der Waals surface area contributed by atoms with Gasteiger partial charge in [-0.1, -0.05) is 18.5 Å². The van der Waals surface area contributed by atoms with Crippen molar-refractivity contribution in [3.05, 3.63) is 28.8 Å². The van der Waals surface area contributed by atoms with Gasteiger partial charge in [-0.15, -0.1) is 0 Å². The number of nitrogens with zero attached hydrogens (tertiary/aromatic N) is 1. The van der Waals surface area contributed by atoms with Crippen molar-refractivity contribution < 1.29 is 9.53 Å². The zero-order chi connectivity index (χ0) is 15.9. The SMILES string of the molecule is COc1cc(Cl)cc([C@H]2CC3NC(NC(C)=O)=NC3[C@H]2C)c1. The number of carbonyl (C=O) groups is 1. The smallest absolute Gasteiger partial charge is 0.223 e. The van der Waals surface area contributed by atoms with E-state index in [1.807, 2.05) is 18.2 Å². The van der Waals surface area contributed by atoms with Gasteiger partial charge in [-0.05, 0) is 42.0 Å². The molecule has 2 unspecified atom stereocenters. The molecule has 1 aromatic carbocycles. The van der Waals surface area contributed by atoms with Crippen molar-refractivity contribution in [2.24, 2.45) is 10.9 Å². The summed E-state index contributed by atoms with van der Waals surface area (Å²) < 4.78 is 5.31. The Hall–Kier alpha value is -1.75. The second kappa shape index (κ2) is 5.80. The first kappa shape index (κ1) is 15.2. The summed E-state index contributed by atoms with van der Waals surface area (Å²) in [6.07, 6.45) is 0.960. The summed E-state index contributed by atoms with van der Waals surface area (Å²) in [7, 11) is 1.65. The molecule has 1 aliphatic heterocycles. The first-order valence-electron chi connectivity index (χ1n) is 7.44. The monoisotopic (exact) mass is 321 g/mol.